The molecule has 0 radical (unpaired) electrons. The highest BCUT2D eigenvalue weighted by molar-refractivity contribution is 5.85. The zero-order valence-electron chi connectivity index (χ0n) is 15.9. The van der Waals surface area contributed by atoms with Gasteiger partial charge in [-0.05, 0) is 30.5 Å². The average molecular weight is 383 g/mol. The fraction of sp³-hybridized carbons (Fsp3) is 0.333. The first-order valence-electron chi connectivity index (χ1n) is 9.23. The smallest absolute Gasteiger partial charge is 0.134 e. The third-order valence-corrected chi connectivity index (χ3v) is 4.06. The van der Waals surface area contributed by atoms with Crippen LogP contribution in [0.3, 0.4) is 0 Å². The summed E-state index contributed by atoms with van der Waals surface area (Å²) >= 11 is 0. The number of pyridine rings is 2. The summed E-state index contributed by atoms with van der Waals surface area (Å²) < 4.78 is 16.4. The number of aromatic nitrogens is 2. The first-order valence-corrected chi connectivity index (χ1v) is 9.23. The SMILES string of the molecule is Cc1cnc(Nc2ccc3cnccc3c2)cc1OCCOCCOCCO. The van der Waals surface area contributed by atoms with E-state index in [0.29, 0.717) is 38.9 Å². The van der Waals surface area contributed by atoms with Crippen molar-refractivity contribution in [3.63, 3.8) is 0 Å². The van der Waals surface area contributed by atoms with E-state index in [1.165, 1.54) is 0 Å². The van der Waals surface area contributed by atoms with Gasteiger partial charge in [0.25, 0.3) is 0 Å². The lowest BCUT2D eigenvalue weighted by Gasteiger charge is -2.12. The molecule has 2 N–H and O–H groups in total. The minimum absolute atomic E-state index is 0.0250. The molecule has 0 atom stereocenters. The molecule has 3 aromatic rings. The second-order valence-corrected chi connectivity index (χ2v) is 6.19. The summed E-state index contributed by atoms with van der Waals surface area (Å²) in [4.78, 5) is 8.56. The Balaban J connectivity index is 1.52. The molecule has 1 aromatic carbocycles. The van der Waals surface area contributed by atoms with Crippen molar-refractivity contribution in [2.24, 2.45) is 0 Å². The molecular weight excluding hydrogens is 358 g/mol. The van der Waals surface area contributed by atoms with Crippen molar-refractivity contribution in [3.8, 4) is 5.75 Å². The van der Waals surface area contributed by atoms with Gasteiger partial charge in [0.05, 0.1) is 33.0 Å². The van der Waals surface area contributed by atoms with Gasteiger partial charge in [0.15, 0.2) is 0 Å². The molecule has 0 saturated heterocycles. The molecule has 0 aliphatic rings. The second kappa shape index (κ2) is 10.6. The predicted octanol–water partition coefficient (Wildman–Crippen LogP) is 3.09. The van der Waals surface area contributed by atoms with Crippen molar-refractivity contribution in [2.75, 3.05) is 45.0 Å². The van der Waals surface area contributed by atoms with E-state index in [9.17, 15) is 0 Å². The Bertz CT molecular complexity index is 888. The van der Waals surface area contributed by atoms with Gasteiger partial charge in [-0.2, -0.15) is 0 Å². The minimum Gasteiger partial charge on any atom is -0.491 e. The topological polar surface area (TPSA) is 85.7 Å². The van der Waals surface area contributed by atoms with E-state index in [0.717, 1.165) is 27.8 Å². The van der Waals surface area contributed by atoms with Crippen LogP contribution in [0.25, 0.3) is 10.8 Å². The lowest BCUT2D eigenvalue weighted by Crippen LogP contribution is -2.12. The maximum Gasteiger partial charge on any atom is 0.134 e. The van der Waals surface area contributed by atoms with Crippen LogP contribution in [0.15, 0.2) is 48.9 Å². The highest BCUT2D eigenvalue weighted by Crippen LogP contribution is 2.25. The summed E-state index contributed by atoms with van der Waals surface area (Å²) in [5.74, 6) is 1.48. The third-order valence-electron chi connectivity index (χ3n) is 4.06. The highest BCUT2D eigenvalue weighted by Gasteiger charge is 2.05. The number of nitrogens with one attached hydrogen (secondary N) is 1. The quantitative estimate of drug-likeness (QED) is 0.492. The van der Waals surface area contributed by atoms with Gasteiger partial charge in [-0.25, -0.2) is 4.98 Å². The molecule has 0 bridgehead atoms. The summed E-state index contributed by atoms with van der Waals surface area (Å²) in [6.07, 6.45) is 5.41. The number of aliphatic hydroxyl groups is 1. The van der Waals surface area contributed by atoms with Crippen LogP contribution >= 0.6 is 0 Å². The summed E-state index contributed by atoms with van der Waals surface area (Å²) in [5.41, 5.74) is 1.91. The van der Waals surface area contributed by atoms with Crippen LogP contribution in [0.4, 0.5) is 11.5 Å². The van der Waals surface area contributed by atoms with Gasteiger partial charge in [-0.1, -0.05) is 6.07 Å². The molecule has 2 aromatic heterocycles. The molecule has 148 valence electrons. The van der Waals surface area contributed by atoms with E-state index in [1.54, 1.807) is 12.4 Å². The molecule has 0 fully saturated rings. The third kappa shape index (κ3) is 5.88. The minimum atomic E-state index is 0.0250. The van der Waals surface area contributed by atoms with Gasteiger partial charge in [0.2, 0.25) is 0 Å². The lowest BCUT2D eigenvalue weighted by molar-refractivity contribution is 0.0246. The lowest BCUT2D eigenvalue weighted by atomic mass is 10.1. The Morgan fingerprint density at radius 1 is 0.929 bits per heavy atom. The number of aryl methyl sites for hydroxylation is 1. The number of anilines is 2. The number of rotatable bonds is 11. The van der Waals surface area contributed by atoms with Gasteiger partial charge in [0, 0.05) is 41.3 Å². The first-order chi connectivity index (χ1) is 13.8. The summed E-state index contributed by atoms with van der Waals surface area (Å²) in [6.45, 7) is 4.16. The zero-order chi connectivity index (χ0) is 19.6. The Morgan fingerprint density at radius 2 is 1.75 bits per heavy atom. The number of nitrogens with zero attached hydrogens (tertiary/aromatic N) is 2. The maximum atomic E-state index is 8.62. The molecular formula is C21H25N3O4. The molecule has 0 spiro atoms. The average Bonchev–Trinajstić information content (AvgIpc) is 2.72. The van der Waals surface area contributed by atoms with Crippen molar-refractivity contribution >= 4 is 22.3 Å². The normalized spacial score (nSPS) is 10.9. The van der Waals surface area contributed by atoms with Crippen LogP contribution in [0.2, 0.25) is 0 Å². The van der Waals surface area contributed by atoms with Crippen molar-refractivity contribution in [1.29, 1.82) is 0 Å². The van der Waals surface area contributed by atoms with E-state index >= 15 is 0 Å². The first kappa shape index (κ1) is 20.0. The van der Waals surface area contributed by atoms with Crippen molar-refractivity contribution in [1.82, 2.24) is 9.97 Å². The fourth-order valence-corrected chi connectivity index (χ4v) is 2.64. The second-order valence-electron chi connectivity index (χ2n) is 6.19. The molecule has 2 heterocycles. The Labute approximate surface area is 164 Å². The molecule has 28 heavy (non-hydrogen) atoms. The van der Waals surface area contributed by atoms with Gasteiger partial charge in [-0.15, -0.1) is 0 Å². The predicted molar refractivity (Wildman–Crippen MR) is 108 cm³/mol. The molecule has 7 heteroatoms. The van der Waals surface area contributed by atoms with E-state index in [4.69, 9.17) is 19.3 Å². The van der Waals surface area contributed by atoms with Gasteiger partial charge >= 0.3 is 0 Å². The van der Waals surface area contributed by atoms with E-state index in [-0.39, 0.29) is 6.61 Å². The van der Waals surface area contributed by atoms with Crippen molar-refractivity contribution < 1.29 is 19.3 Å². The highest BCUT2D eigenvalue weighted by atomic mass is 16.5. The van der Waals surface area contributed by atoms with Crippen molar-refractivity contribution in [2.45, 2.75) is 6.92 Å². The molecule has 0 saturated carbocycles. The number of ether oxygens (including phenoxy) is 3. The maximum absolute atomic E-state index is 8.62. The van der Waals surface area contributed by atoms with Crippen LogP contribution in [0.5, 0.6) is 5.75 Å². The largest absolute Gasteiger partial charge is 0.491 e. The Morgan fingerprint density at radius 3 is 2.61 bits per heavy atom. The van der Waals surface area contributed by atoms with E-state index < -0.39 is 0 Å². The number of aliphatic hydroxyl groups excluding tert-OH is 1. The van der Waals surface area contributed by atoms with E-state index in [1.807, 2.05) is 37.4 Å². The van der Waals surface area contributed by atoms with Crippen LogP contribution < -0.4 is 10.1 Å². The number of hydrogen-bond donors (Lipinski definition) is 2. The molecule has 0 amide bonds. The van der Waals surface area contributed by atoms with Crippen LogP contribution in [0.1, 0.15) is 5.56 Å². The summed E-state index contributed by atoms with van der Waals surface area (Å²) in [5, 5.41) is 14.1. The van der Waals surface area contributed by atoms with Gasteiger partial charge in [-0.3, -0.25) is 4.98 Å². The van der Waals surface area contributed by atoms with Gasteiger partial charge in [0.1, 0.15) is 18.2 Å². The van der Waals surface area contributed by atoms with Crippen LogP contribution in [0, 0.1) is 6.92 Å². The van der Waals surface area contributed by atoms with Crippen molar-refractivity contribution in [3.05, 3.63) is 54.5 Å². The monoisotopic (exact) mass is 383 g/mol. The fourth-order valence-electron chi connectivity index (χ4n) is 2.64. The molecule has 0 unspecified atom stereocenters. The van der Waals surface area contributed by atoms with Gasteiger partial charge < -0.3 is 24.6 Å². The standard InChI is InChI=1S/C21H25N3O4/c1-16-14-23-21(13-20(16)28-11-10-27-9-8-26-7-6-25)24-19-3-2-18-15-22-5-4-17(18)12-19/h2-5,12-15,25H,6-11H2,1H3,(H,23,24). The zero-order valence-corrected chi connectivity index (χ0v) is 15.9. The van der Waals surface area contributed by atoms with Crippen LogP contribution in [-0.4, -0.2) is 54.7 Å². The van der Waals surface area contributed by atoms with E-state index in [2.05, 4.69) is 21.4 Å². The number of fused-ring (bicyclic) bond motifs is 1. The molecule has 0 aliphatic heterocycles. The molecule has 0 aliphatic carbocycles. The molecule has 7 nitrogen and oxygen atoms in total. The molecule has 3 rings (SSSR count). The Hall–Kier alpha value is -2.74. The number of benzene rings is 1. The van der Waals surface area contributed by atoms with Crippen LogP contribution in [-0.2, 0) is 9.47 Å². The number of hydrogen-bond acceptors (Lipinski definition) is 7. The Kier molecular flexibility index (Phi) is 7.54. The summed E-state index contributed by atoms with van der Waals surface area (Å²) in [6, 6.07) is 9.95. The summed E-state index contributed by atoms with van der Waals surface area (Å²) in [7, 11) is 0.